The maximum Gasteiger partial charge on any atom is 0.332 e. The highest BCUT2D eigenvalue weighted by Gasteiger charge is 2.49. The lowest BCUT2D eigenvalue weighted by Crippen LogP contribution is -2.56. The molecule has 2 aromatic carbocycles. The highest BCUT2D eigenvalue weighted by atomic mass is 19.3. The number of pyridine rings is 2. The Morgan fingerprint density at radius 1 is 0.621 bits per heavy atom. The van der Waals surface area contributed by atoms with Crippen LogP contribution in [-0.2, 0) is 19.1 Å². The number of alkyl halides is 4. The zero-order chi connectivity index (χ0) is 67.4. The molecule has 0 spiro atoms. The number of rotatable bonds is 18. The fourth-order valence-corrected chi connectivity index (χ4v) is 12.0. The molecule has 6 aliphatic heterocycles. The number of amides is 1. The third-order valence-electron chi connectivity index (χ3n) is 17.5. The Balaban J connectivity index is 0.000000192. The number of halogens is 4. The largest absolute Gasteiger partial charge is 0.483 e. The number of benzene rings is 2. The third-order valence-corrected chi connectivity index (χ3v) is 17.5. The summed E-state index contributed by atoms with van der Waals surface area (Å²) in [5, 5.41) is 53.9. The number of ether oxygens (including phenoxy) is 6. The van der Waals surface area contributed by atoms with E-state index in [1.54, 1.807) is 44.6 Å². The van der Waals surface area contributed by atoms with Crippen LogP contribution in [0.5, 0.6) is 23.3 Å². The first-order valence-electron chi connectivity index (χ1n) is 31.4. The first-order chi connectivity index (χ1) is 45.7. The fraction of sp³-hybridized carbons (Fsp3) is 0.485. The number of carbonyl (C=O) groups is 2. The van der Waals surface area contributed by atoms with Crippen LogP contribution in [0.4, 0.5) is 40.8 Å². The minimum absolute atomic E-state index is 0.0000222. The minimum Gasteiger partial charge on any atom is -0.483 e. The number of carboxylic acid groups (broad SMARTS) is 1. The number of aliphatic hydroxyl groups is 2. The number of carboxylic acids is 1. The molecule has 95 heavy (non-hydrogen) atoms. The van der Waals surface area contributed by atoms with Crippen molar-refractivity contribution in [3.05, 3.63) is 108 Å². The van der Waals surface area contributed by atoms with E-state index in [-0.39, 0.29) is 42.0 Å². The lowest BCUT2D eigenvalue weighted by Gasteiger charge is -2.41. The molecule has 6 aromatic rings. The molecule has 25 nitrogen and oxygen atoms in total. The van der Waals surface area contributed by atoms with E-state index >= 15 is 0 Å². The van der Waals surface area contributed by atoms with E-state index in [1.165, 1.54) is 44.7 Å². The van der Waals surface area contributed by atoms with Crippen molar-refractivity contribution in [2.24, 2.45) is 0 Å². The first kappa shape index (κ1) is 68.9. The van der Waals surface area contributed by atoms with Crippen LogP contribution in [0.2, 0.25) is 0 Å². The van der Waals surface area contributed by atoms with Crippen molar-refractivity contribution < 1.29 is 70.9 Å². The number of hydrogen-bond donors (Lipinski definition) is 6. The molecule has 10 heterocycles. The van der Waals surface area contributed by atoms with Gasteiger partial charge in [0, 0.05) is 53.8 Å². The van der Waals surface area contributed by atoms with Crippen LogP contribution in [0, 0.1) is 22.7 Å². The van der Waals surface area contributed by atoms with Gasteiger partial charge in [-0.05, 0) is 145 Å². The van der Waals surface area contributed by atoms with Gasteiger partial charge in [0.25, 0.3) is 11.8 Å². The molecule has 4 atom stereocenters. The van der Waals surface area contributed by atoms with Crippen molar-refractivity contribution in [3.63, 3.8) is 0 Å². The van der Waals surface area contributed by atoms with Crippen LogP contribution >= 0.6 is 0 Å². The van der Waals surface area contributed by atoms with Gasteiger partial charge in [-0.1, -0.05) is 0 Å². The van der Waals surface area contributed by atoms with Gasteiger partial charge in [-0.2, -0.15) is 20.5 Å². The summed E-state index contributed by atoms with van der Waals surface area (Å²) in [6, 6.07) is 25.9. The molecule has 6 N–H and O–H groups in total. The third kappa shape index (κ3) is 17.1. The van der Waals surface area contributed by atoms with Gasteiger partial charge in [0.15, 0.2) is 12.2 Å². The zero-order valence-electron chi connectivity index (χ0n) is 53.0. The van der Waals surface area contributed by atoms with Crippen molar-refractivity contribution >= 4 is 35.1 Å². The lowest BCUT2D eigenvalue weighted by molar-refractivity contribution is -0.165. The summed E-state index contributed by atoms with van der Waals surface area (Å²) in [4.78, 5) is 54.1. The number of aliphatic carboxylic acids is 1. The van der Waals surface area contributed by atoms with E-state index in [1.807, 2.05) is 24.3 Å². The number of nitriles is 2. The van der Waals surface area contributed by atoms with Crippen LogP contribution in [-0.4, -0.2) is 213 Å². The van der Waals surface area contributed by atoms with Gasteiger partial charge in [0.1, 0.15) is 71.8 Å². The monoisotopic (exact) mass is 1320 g/mol. The lowest BCUT2D eigenvalue weighted by atomic mass is 9.89. The second kappa shape index (κ2) is 31.1. The van der Waals surface area contributed by atoms with E-state index in [9.17, 15) is 42.8 Å². The predicted molar refractivity (Wildman–Crippen MR) is 337 cm³/mol. The van der Waals surface area contributed by atoms with Crippen LogP contribution in [0.25, 0.3) is 22.5 Å². The maximum atomic E-state index is 14.9. The second-order valence-corrected chi connectivity index (χ2v) is 24.0. The number of anilines is 4. The number of nitrogens with one attached hydrogen (secondary N) is 3. The summed E-state index contributed by atoms with van der Waals surface area (Å²) in [5.74, 6) is -4.23. The Kier molecular flexibility index (Phi) is 22.5. The molecule has 504 valence electrons. The Labute approximate surface area is 546 Å². The molecular weight excluding hydrogens is 1240 g/mol. The van der Waals surface area contributed by atoms with Crippen molar-refractivity contribution in [2.45, 2.75) is 113 Å². The number of aromatic nitrogens is 6. The van der Waals surface area contributed by atoms with Gasteiger partial charge in [0.05, 0.1) is 88.3 Å². The number of aliphatic hydroxyl groups excluding tert-OH is 2. The topological polar surface area (TPSA) is 321 Å². The zero-order valence-corrected chi connectivity index (χ0v) is 53.0. The molecule has 0 saturated carbocycles. The van der Waals surface area contributed by atoms with Crippen molar-refractivity contribution in [3.8, 4) is 57.9 Å². The number of carbonyl (C=O) groups excluding carboxylic acids is 1. The molecule has 1 amide bonds. The van der Waals surface area contributed by atoms with E-state index < -0.39 is 61.2 Å². The summed E-state index contributed by atoms with van der Waals surface area (Å²) < 4.78 is 91.6. The molecular formula is C66H76F4N14O11. The summed E-state index contributed by atoms with van der Waals surface area (Å²) in [5.41, 5.74) is 4.62. The Bertz CT molecular complexity index is 3730. The van der Waals surface area contributed by atoms with E-state index in [0.717, 1.165) is 94.3 Å². The van der Waals surface area contributed by atoms with Crippen LogP contribution < -0.4 is 34.9 Å². The molecule has 12 rings (SSSR count). The van der Waals surface area contributed by atoms with Gasteiger partial charge in [0.2, 0.25) is 11.8 Å². The molecule has 0 aliphatic carbocycles. The van der Waals surface area contributed by atoms with Gasteiger partial charge in [-0.3, -0.25) is 14.6 Å². The molecule has 4 aromatic heterocycles. The highest BCUT2D eigenvalue weighted by molar-refractivity contribution is 5.80. The predicted octanol–water partition coefficient (Wildman–Crippen LogP) is 7.30. The molecule has 0 bridgehead atoms. The number of nitrogens with zero attached hydrogens (tertiary/aromatic N) is 11. The summed E-state index contributed by atoms with van der Waals surface area (Å²) in [7, 11) is 3.24. The van der Waals surface area contributed by atoms with Gasteiger partial charge >= 0.3 is 11.9 Å². The summed E-state index contributed by atoms with van der Waals surface area (Å²) in [6.07, 6.45) is 1.49. The Morgan fingerprint density at radius 3 is 1.45 bits per heavy atom. The molecule has 2 unspecified atom stereocenters. The second-order valence-electron chi connectivity index (χ2n) is 24.0. The molecule has 0 radical (unpaired) electrons. The minimum atomic E-state index is -3.38. The average molecular weight is 1320 g/mol. The first-order valence-corrected chi connectivity index (χ1v) is 31.4. The molecule has 6 aliphatic rings. The highest BCUT2D eigenvalue weighted by Crippen LogP contribution is 2.40. The van der Waals surface area contributed by atoms with Gasteiger partial charge < -0.3 is 64.6 Å². The van der Waals surface area contributed by atoms with Crippen LogP contribution in [0.15, 0.2) is 85.5 Å². The maximum absolute atomic E-state index is 14.9. The van der Waals surface area contributed by atoms with E-state index in [4.69, 9.17) is 48.6 Å². The quantitative estimate of drug-likeness (QED) is 0.0459. The SMILES string of the molecule is COc1nc(Nc2cc(-c3ccc(OC4CCN(C(=O)[C@H](C)O)CC4(F)F)c(C#N)c3)ncn2)ccc1C1CCN(C2COC2)CC1.COc1nc(Nc2cc(-c3ccc(OC4CCNCC4(F)F)c(C#N)c3)ncn2)ccc1C1CCN(C2COC2)CC1.C[C@H](O)C(=O)O. The van der Waals surface area contributed by atoms with Gasteiger partial charge in [-0.15, -0.1) is 0 Å². The van der Waals surface area contributed by atoms with Crippen molar-refractivity contribution in [1.82, 2.24) is 49.9 Å². The van der Waals surface area contributed by atoms with Crippen LogP contribution in [0.3, 0.4) is 0 Å². The normalized spacial score (nSPS) is 20.6. The Hall–Kier alpha value is -8.94. The fourth-order valence-electron chi connectivity index (χ4n) is 12.0. The molecule has 6 fully saturated rings. The summed E-state index contributed by atoms with van der Waals surface area (Å²) in [6.45, 7) is 8.95. The van der Waals surface area contributed by atoms with Gasteiger partial charge in [-0.25, -0.2) is 42.3 Å². The molecule has 6 saturated heterocycles. The van der Waals surface area contributed by atoms with E-state index in [0.29, 0.717) is 88.0 Å². The number of likely N-dealkylation sites (tertiary alicyclic amines) is 3. The number of methoxy groups -OCH3 is 2. The van der Waals surface area contributed by atoms with Crippen molar-refractivity contribution in [1.29, 1.82) is 10.5 Å². The smallest absolute Gasteiger partial charge is 0.332 e. The van der Waals surface area contributed by atoms with Crippen LogP contribution in [0.1, 0.15) is 86.5 Å². The average Bonchev–Trinajstić information content (AvgIpc) is 0.831. The standard InChI is InChI=1S/C33H37F2N7O5.C30H33F2N7O3.C3H6O3/c1-20(43)32(44)42-12-9-28(33(34,35)18-42)47-27-5-3-22(13-23(27)15-36)26-14-30(38-19-37-26)39-29-6-4-25(31(40-29)45-2)21-7-10-41(11-8-21)24-16-46-17-24;1-40-29-23(19-7-10-39(11-8-19)22-15-41-16-22)3-5-27(38-29)37-28-13-24(35-18-36-28)20-2-4-25(21(12-20)14-33)42-26-6-9-34-17-30(26,31)32;1-2(4)3(5)6/h3-6,13-14,19-21,24,28,43H,7-12,16-18H2,1-2H3,(H,37,38,39,40);2-5,12-13,18-19,22,26,34H,6-11,15-17H2,1H3,(H,35,36,37,38);2,4H,1H3,(H,5,6)/t20-,28?;;2-/m0.0/s1. The molecule has 29 heteroatoms. The summed E-state index contributed by atoms with van der Waals surface area (Å²) >= 11 is 0. The van der Waals surface area contributed by atoms with Crippen molar-refractivity contribution in [2.75, 3.05) is 104 Å². The Morgan fingerprint density at radius 2 is 1.07 bits per heavy atom. The van der Waals surface area contributed by atoms with E-state index in [2.05, 4.69) is 57.8 Å². The number of piperidine rings is 4. The number of hydrogen-bond acceptors (Lipinski definition) is 23.